The van der Waals surface area contributed by atoms with Crippen molar-refractivity contribution in [3.05, 3.63) is 70.0 Å². The summed E-state index contributed by atoms with van der Waals surface area (Å²) in [7, 11) is 0. The van der Waals surface area contributed by atoms with E-state index in [4.69, 9.17) is 0 Å². The Hall–Kier alpha value is -3.09. The smallest absolute Gasteiger partial charge is 0.287 e. The number of nitrogens with zero attached hydrogens (tertiary/aromatic N) is 2. The third kappa shape index (κ3) is 3.02. The lowest BCUT2D eigenvalue weighted by molar-refractivity contribution is -0.385. The molecular weight excluding hydrogens is 262 g/mol. The average molecular weight is 271 g/mol. The first-order valence-corrected chi connectivity index (χ1v) is 5.59. The Kier molecular flexibility index (Phi) is 3.80. The van der Waals surface area contributed by atoms with Crippen molar-refractivity contribution in [2.45, 2.75) is 0 Å². The van der Waals surface area contributed by atoms with Crippen LogP contribution >= 0.6 is 0 Å². The molecule has 7 nitrogen and oxygen atoms in total. The van der Waals surface area contributed by atoms with Crippen molar-refractivity contribution in [2.75, 3.05) is 0 Å². The number of hydrogen-bond donors (Lipinski definition) is 1. The number of hydrogen-bond acceptors (Lipinski definition) is 5. The quantitative estimate of drug-likeness (QED) is 0.518. The Labute approximate surface area is 113 Å². The van der Waals surface area contributed by atoms with Crippen molar-refractivity contribution in [2.24, 2.45) is 0 Å². The van der Waals surface area contributed by atoms with Crippen LogP contribution < -0.4 is 5.32 Å². The van der Waals surface area contributed by atoms with Gasteiger partial charge in [-0.15, -0.1) is 0 Å². The minimum absolute atomic E-state index is 0.0696. The molecule has 1 aromatic heterocycles. The maximum absolute atomic E-state index is 11.7. The number of aromatic nitrogens is 1. The van der Waals surface area contributed by atoms with Crippen LogP contribution in [0.2, 0.25) is 0 Å². The molecule has 0 aliphatic carbocycles. The summed E-state index contributed by atoms with van der Waals surface area (Å²) in [6.45, 7) is 0. The predicted molar refractivity (Wildman–Crippen MR) is 69.1 cm³/mol. The van der Waals surface area contributed by atoms with Gasteiger partial charge in [-0.25, -0.2) is 4.98 Å². The molecule has 0 atom stereocenters. The first-order chi connectivity index (χ1) is 9.58. The minimum atomic E-state index is -0.714. The van der Waals surface area contributed by atoms with Gasteiger partial charge in [0, 0.05) is 11.6 Å². The molecule has 0 bridgehead atoms. The van der Waals surface area contributed by atoms with E-state index in [1.165, 1.54) is 6.07 Å². The summed E-state index contributed by atoms with van der Waals surface area (Å²) in [4.78, 5) is 37.0. The van der Waals surface area contributed by atoms with E-state index in [1.54, 1.807) is 30.3 Å². The van der Waals surface area contributed by atoms with Gasteiger partial charge in [-0.05, 0) is 18.2 Å². The third-order valence-electron chi connectivity index (χ3n) is 2.45. The van der Waals surface area contributed by atoms with Gasteiger partial charge < -0.3 is 0 Å². The van der Waals surface area contributed by atoms with Crippen molar-refractivity contribution in [3.63, 3.8) is 0 Å². The second kappa shape index (κ2) is 5.70. The number of imide groups is 1. The number of carbonyl (C=O) groups excluding carboxylic acids is 2. The highest BCUT2D eigenvalue weighted by molar-refractivity contribution is 6.09. The van der Waals surface area contributed by atoms with Gasteiger partial charge in [0.25, 0.3) is 17.5 Å². The van der Waals surface area contributed by atoms with Gasteiger partial charge >= 0.3 is 0 Å². The molecule has 1 aromatic carbocycles. The van der Waals surface area contributed by atoms with Gasteiger partial charge in [0.1, 0.15) is 11.9 Å². The Balaban J connectivity index is 2.08. The van der Waals surface area contributed by atoms with Gasteiger partial charge in [-0.3, -0.25) is 25.0 Å². The normalized spacial score (nSPS) is 9.80. The lowest BCUT2D eigenvalue weighted by Gasteiger charge is -2.03. The zero-order valence-electron chi connectivity index (χ0n) is 10.1. The summed E-state index contributed by atoms with van der Waals surface area (Å²) in [5.41, 5.74) is 0.0404. The molecule has 0 unspecified atom stereocenters. The summed E-state index contributed by atoms with van der Waals surface area (Å²) < 4.78 is 0. The van der Waals surface area contributed by atoms with E-state index < -0.39 is 16.7 Å². The number of carbonyl (C=O) groups is 2. The van der Waals surface area contributed by atoms with E-state index in [-0.39, 0.29) is 11.4 Å². The van der Waals surface area contributed by atoms with Gasteiger partial charge in [0.15, 0.2) is 0 Å². The predicted octanol–water partition coefficient (Wildman–Crippen LogP) is 1.56. The summed E-state index contributed by atoms with van der Waals surface area (Å²) in [5, 5.41) is 12.6. The summed E-state index contributed by atoms with van der Waals surface area (Å²) in [6, 6.07) is 10.5. The van der Waals surface area contributed by atoms with Crippen LogP contribution in [0.15, 0.2) is 48.7 Å². The van der Waals surface area contributed by atoms with Gasteiger partial charge in [-0.1, -0.05) is 18.2 Å². The SMILES string of the molecule is O=C(NC(=O)c1ccc([N+](=O)[O-])cn1)c1ccccc1. The van der Waals surface area contributed by atoms with Crippen LogP contribution in [0.25, 0.3) is 0 Å². The zero-order chi connectivity index (χ0) is 14.5. The standard InChI is InChI=1S/C13H9N3O4/c17-12(9-4-2-1-3-5-9)15-13(18)11-7-6-10(8-14-11)16(19)20/h1-8H,(H,15,17,18). The van der Waals surface area contributed by atoms with E-state index in [2.05, 4.69) is 10.3 Å². The van der Waals surface area contributed by atoms with Crippen molar-refractivity contribution in [1.82, 2.24) is 10.3 Å². The van der Waals surface area contributed by atoms with Crippen LogP contribution in [0.3, 0.4) is 0 Å². The molecule has 0 saturated heterocycles. The average Bonchev–Trinajstić information content (AvgIpc) is 2.48. The van der Waals surface area contributed by atoms with E-state index in [0.717, 1.165) is 12.3 Å². The Morgan fingerprint density at radius 3 is 2.30 bits per heavy atom. The van der Waals surface area contributed by atoms with Crippen molar-refractivity contribution >= 4 is 17.5 Å². The fraction of sp³-hybridized carbons (Fsp3) is 0. The monoisotopic (exact) mass is 271 g/mol. The second-order valence-electron chi connectivity index (χ2n) is 3.81. The molecule has 2 amide bonds. The van der Waals surface area contributed by atoms with Crippen LogP contribution in [0.1, 0.15) is 20.8 Å². The Bertz CT molecular complexity index is 653. The summed E-state index contributed by atoms with van der Waals surface area (Å²) in [6.07, 6.45) is 0.960. The number of nitrogens with one attached hydrogen (secondary N) is 1. The Morgan fingerprint density at radius 2 is 1.75 bits per heavy atom. The molecule has 0 fully saturated rings. The number of nitro groups is 1. The molecule has 2 rings (SSSR count). The van der Waals surface area contributed by atoms with E-state index in [0.29, 0.717) is 5.56 Å². The highest BCUT2D eigenvalue weighted by atomic mass is 16.6. The molecule has 20 heavy (non-hydrogen) atoms. The van der Waals surface area contributed by atoms with Crippen LogP contribution in [0, 0.1) is 10.1 Å². The molecular formula is C13H9N3O4. The van der Waals surface area contributed by atoms with Crippen LogP contribution in [-0.2, 0) is 0 Å². The maximum atomic E-state index is 11.7. The summed E-state index contributed by atoms with van der Waals surface area (Å²) in [5.74, 6) is -1.27. The molecule has 0 saturated carbocycles. The van der Waals surface area contributed by atoms with Crippen molar-refractivity contribution < 1.29 is 14.5 Å². The molecule has 0 aliphatic heterocycles. The van der Waals surface area contributed by atoms with Gasteiger partial charge in [0.05, 0.1) is 4.92 Å². The van der Waals surface area contributed by atoms with E-state index >= 15 is 0 Å². The second-order valence-corrected chi connectivity index (χ2v) is 3.81. The largest absolute Gasteiger partial charge is 0.287 e. The molecule has 0 aliphatic rings. The molecule has 1 N–H and O–H groups in total. The lowest BCUT2D eigenvalue weighted by atomic mass is 10.2. The molecule has 0 radical (unpaired) electrons. The highest BCUT2D eigenvalue weighted by Crippen LogP contribution is 2.08. The van der Waals surface area contributed by atoms with Crippen molar-refractivity contribution in [1.29, 1.82) is 0 Å². The highest BCUT2D eigenvalue weighted by Gasteiger charge is 2.14. The third-order valence-corrected chi connectivity index (χ3v) is 2.45. The molecule has 0 spiro atoms. The van der Waals surface area contributed by atoms with Crippen LogP contribution in [0.4, 0.5) is 5.69 Å². The first kappa shape index (κ1) is 13.3. The molecule has 100 valence electrons. The molecule has 1 heterocycles. The lowest BCUT2D eigenvalue weighted by Crippen LogP contribution is -2.30. The van der Waals surface area contributed by atoms with Crippen LogP contribution in [0.5, 0.6) is 0 Å². The maximum Gasteiger partial charge on any atom is 0.287 e. The topological polar surface area (TPSA) is 102 Å². The number of amides is 2. The van der Waals surface area contributed by atoms with Crippen molar-refractivity contribution in [3.8, 4) is 0 Å². The fourth-order valence-corrected chi connectivity index (χ4v) is 1.46. The fourth-order valence-electron chi connectivity index (χ4n) is 1.46. The number of rotatable bonds is 3. The number of pyridine rings is 1. The van der Waals surface area contributed by atoms with E-state index in [1.807, 2.05) is 0 Å². The first-order valence-electron chi connectivity index (χ1n) is 5.59. The minimum Gasteiger partial charge on any atom is -0.287 e. The zero-order valence-corrected chi connectivity index (χ0v) is 10.1. The summed E-state index contributed by atoms with van der Waals surface area (Å²) >= 11 is 0. The van der Waals surface area contributed by atoms with E-state index in [9.17, 15) is 19.7 Å². The van der Waals surface area contributed by atoms with Gasteiger partial charge in [0.2, 0.25) is 0 Å². The molecule has 7 heteroatoms. The van der Waals surface area contributed by atoms with Gasteiger partial charge in [-0.2, -0.15) is 0 Å². The number of benzene rings is 1. The Morgan fingerprint density at radius 1 is 1.05 bits per heavy atom. The van der Waals surface area contributed by atoms with Crippen LogP contribution in [-0.4, -0.2) is 21.7 Å². The molecule has 2 aromatic rings.